The van der Waals surface area contributed by atoms with E-state index in [9.17, 15) is 9.00 Å². The molecule has 2 N–H and O–H groups in total. The van der Waals surface area contributed by atoms with E-state index in [1.165, 1.54) is 18.9 Å². The van der Waals surface area contributed by atoms with Crippen molar-refractivity contribution in [3.63, 3.8) is 0 Å². The van der Waals surface area contributed by atoms with E-state index in [2.05, 4.69) is 15.2 Å². The monoisotopic (exact) mass is 502 g/mol. The van der Waals surface area contributed by atoms with Crippen LogP contribution in [0.2, 0.25) is 5.02 Å². The van der Waals surface area contributed by atoms with Gasteiger partial charge in [0.15, 0.2) is 0 Å². The first-order valence-corrected chi connectivity index (χ1v) is 13.4. The Morgan fingerprint density at radius 2 is 1.83 bits per heavy atom. The highest BCUT2D eigenvalue weighted by molar-refractivity contribution is 7.85. The number of nitrogens with one attached hydrogen (secondary N) is 2. The van der Waals surface area contributed by atoms with Gasteiger partial charge < -0.3 is 4.98 Å². The van der Waals surface area contributed by atoms with Crippen LogP contribution in [0.15, 0.2) is 70.5 Å². The Kier molecular flexibility index (Phi) is 5.74. The Labute approximate surface area is 209 Å². The molecule has 1 fully saturated rings. The number of benzene rings is 2. The minimum atomic E-state index is -1.31. The average Bonchev–Trinajstić information content (AvgIpc) is 3.55. The highest BCUT2D eigenvalue weighted by atomic mass is 35.5. The first-order valence-electron chi connectivity index (χ1n) is 11.7. The van der Waals surface area contributed by atoms with Crippen LogP contribution in [-0.4, -0.2) is 30.1 Å². The van der Waals surface area contributed by atoms with Crippen LogP contribution in [0.3, 0.4) is 0 Å². The summed E-state index contributed by atoms with van der Waals surface area (Å²) >= 11 is 6.65. The number of H-pyrrole nitrogens is 2. The second kappa shape index (κ2) is 9.06. The number of fused-ring (bicyclic) bond motifs is 2. The molecule has 3 aromatic heterocycles. The van der Waals surface area contributed by atoms with E-state index < -0.39 is 10.8 Å². The van der Waals surface area contributed by atoms with Crippen molar-refractivity contribution >= 4 is 44.3 Å². The highest BCUT2D eigenvalue weighted by Crippen LogP contribution is 2.42. The summed E-state index contributed by atoms with van der Waals surface area (Å²) in [6.45, 7) is 0. The number of aromatic amines is 2. The Hall–Kier alpha value is -3.29. The smallest absolute Gasteiger partial charge is 0.249 e. The lowest BCUT2D eigenvalue weighted by atomic mass is 9.97. The van der Waals surface area contributed by atoms with E-state index in [1.807, 2.05) is 42.5 Å². The normalized spacial score (nSPS) is 15.2. The van der Waals surface area contributed by atoms with Gasteiger partial charge in [0.25, 0.3) is 0 Å². The quantitative estimate of drug-likeness (QED) is 0.304. The molecule has 0 saturated heterocycles. The van der Waals surface area contributed by atoms with Gasteiger partial charge in [-0.15, -0.1) is 0 Å². The molecule has 35 heavy (non-hydrogen) atoms. The molecule has 0 amide bonds. The summed E-state index contributed by atoms with van der Waals surface area (Å²) in [4.78, 5) is 20.7. The molecule has 6 nitrogen and oxygen atoms in total. The minimum Gasteiger partial charge on any atom is -0.307 e. The molecular formula is C27H23ClN4O2S. The van der Waals surface area contributed by atoms with E-state index in [0.29, 0.717) is 38.3 Å². The summed E-state index contributed by atoms with van der Waals surface area (Å²) in [5, 5.41) is 9.16. The fraction of sp³-hybridized carbons (Fsp3) is 0.222. The van der Waals surface area contributed by atoms with Crippen LogP contribution in [0.25, 0.3) is 44.3 Å². The Morgan fingerprint density at radius 3 is 2.63 bits per heavy atom. The van der Waals surface area contributed by atoms with E-state index in [-0.39, 0.29) is 5.56 Å². The fourth-order valence-electron chi connectivity index (χ4n) is 5.09. The van der Waals surface area contributed by atoms with Crippen LogP contribution in [-0.2, 0) is 10.8 Å². The van der Waals surface area contributed by atoms with Crippen LogP contribution < -0.4 is 5.56 Å². The van der Waals surface area contributed by atoms with Gasteiger partial charge >= 0.3 is 0 Å². The van der Waals surface area contributed by atoms with Crippen molar-refractivity contribution in [2.45, 2.75) is 30.6 Å². The molecule has 6 rings (SSSR count). The zero-order valence-corrected chi connectivity index (χ0v) is 20.5. The molecule has 0 aliphatic heterocycles. The maximum absolute atomic E-state index is 14.1. The summed E-state index contributed by atoms with van der Waals surface area (Å²) in [5.41, 5.74) is 4.07. The van der Waals surface area contributed by atoms with Gasteiger partial charge in [0, 0.05) is 33.7 Å². The van der Waals surface area contributed by atoms with E-state index in [0.717, 1.165) is 40.4 Å². The molecule has 0 spiro atoms. The second-order valence-corrected chi connectivity index (χ2v) is 10.9. The molecule has 1 aliphatic rings. The van der Waals surface area contributed by atoms with Crippen LogP contribution in [0.5, 0.6) is 0 Å². The molecule has 1 atom stereocenters. The molecule has 5 aromatic rings. The fourth-order valence-corrected chi connectivity index (χ4v) is 7.14. The predicted molar refractivity (Wildman–Crippen MR) is 141 cm³/mol. The number of pyridine rings is 2. The van der Waals surface area contributed by atoms with Crippen molar-refractivity contribution in [1.29, 1.82) is 0 Å². The first-order chi connectivity index (χ1) is 17.1. The number of halogens is 1. The predicted octanol–water partition coefficient (Wildman–Crippen LogP) is 6.08. The summed E-state index contributed by atoms with van der Waals surface area (Å²) in [5.74, 6) is 1.01. The van der Waals surface area contributed by atoms with Gasteiger partial charge in [-0.3, -0.25) is 14.1 Å². The Bertz CT molecular complexity index is 1640. The third-order valence-electron chi connectivity index (χ3n) is 6.76. The summed E-state index contributed by atoms with van der Waals surface area (Å²) in [6.07, 6.45) is 6.29. The molecule has 0 radical (unpaired) electrons. The van der Waals surface area contributed by atoms with Gasteiger partial charge in [0.05, 0.1) is 38.1 Å². The lowest BCUT2D eigenvalue weighted by Crippen LogP contribution is -2.12. The third-order valence-corrected chi connectivity index (χ3v) is 8.71. The third kappa shape index (κ3) is 4.09. The van der Waals surface area contributed by atoms with Crippen LogP contribution in [0.1, 0.15) is 25.7 Å². The van der Waals surface area contributed by atoms with Crippen LogP contribution in [0, 0.1) is 5.92 Å². The Morgan fingerprint density at radius 1 is 1.03 bits per heavy atom. The minimum absolute atomic E-state index is 0.243. The molecule has 1 saturated carbocycles. The van der Waals surface area contributed by atoms with Gasteiger partial charge in [-0.2, -0.15) is 5.10 Å². The summed E-state index contributed by atoms with van der Waals surface area (Å²) < 4.78 is 14.1. The second-order valence-electron chi connectivity index (χ2n) is 9.07. The van der Waals surface area contributed by atoms with Crippen molar-refractivity contribution in [2.24, 2.45) is 5.92 Å². The zero-order valence-electron chi connectivity index (χ0n) is 18.9. The molecule has 176 valence electrons. The molecule has 8 heteroatoms. The number of nitrogens with zero attached hydrogens (tertiary/aromatic N) is 2. The summed E-state index contributed by atoms with van der Waals surface area (Å²) in [6, 6.07) is 16.9. The average molecular weight is 503 g/mol. The van der Waals surface area contributed by atoms with Gasteiger partial charge in [0.1, 0.15) is 5.65 Å². The maximum atomic E-state index is 14.1. The lowest BCUT2D eigenvalue weighted by Gasteiger charge is -2.19. The number of aromatic nitrogens is 4. The topological polar surface area (TPSA) is 91.5 Å². The maximum Gasteiger partial charge on any atom is 0.249 e. The van der Waals surface area contributed by atoms with Crippen molar-refractivity contribution in [3.8, 4) is 22.4 Å². The van der Waals surface area contributed by atoms with E-state index in [1.54, 1.807) is 12.3 Å². The van der Waals surface area contributed by atoms with E-state index in [4.69, 9.17) is 16.6 Å². The lowest BCUT2D eigenvalue weighted by molar-refractivity contribution is 0.605. The standard InChI is InChI=1S/C27H23ClN4O2S/c28-21-13-18(12-19-14-29-32-24(19)21)23-25(17-8-2-1-3-9-17)31-27-20(10-11-22(33)30-27)26(23)35(34)15-16-6-4-5-7-16/h1-3,8-14,16H,4-7,15H2,(H,29,32)(H,30,31,33). The molecule has 3 heterocycles. The van der Waals surface area contributed by atoms with Gasteiger partial charge in [-0.1, -0.05) is 54.8 Å². The largest absolute Gasteiger partial charge is 0.307 e. The molecular weight excluding hydrogens is 480 g/mol. The van der Waals surface area contributed by atoms with Gasteiger partial charge in [-0.05, 0) is 42.5 Å². The molecule has 1 unspecified atom stereocenters. The first kappa shape index (κ1) is 22.2. The van der Waals surface area contributed by atoms with Crippen molar-refractivity contribution in [3.05, 3.63) is 76.2 Å². The molecule has 1 aliphatic carbocycles. The van der Waals surface area contributed by atoms with Crippen LogP contribution >= 0.6 is 11.6 Å². The van der Waals surface area contributed by atoms with Crippen molar-refractivity contribution in [1.82, 2.24) is 20.2 Å². The van der Waals surface area contributed by atoms with E-state index >= 15 is 0 Å². The van der Waals surface area contributed by atoms with Crippen molar-refractivity contribution < 1.29 is 4.21 Å². The SMILES string of the molecule is O=c1ccc2c(S(=O)CC3CCCC3)c(-c3cc(Cl)c4[nH]ncc4c3)c(-c3ccccc3)nc2[nH]1. The number of rotatable bonds is 5. The van der Waals surface area contributed by atoms with Gasteiger partial charge in [0.2, 0.25) is 5.56 Å². The van der Waals surface area contributed by atoms with Crippen LogP contribution in [0.4, 0.5) is 0 Å². The molecule has 0 bridgehead atoms. The highest BCUT2D eigenvalue weighted by Gasteiger charge is 2.26. The Balaban J connectivity index is 1.70. The number of hydrogen-bond acceptors (Lipinski definition) is 4. The summed E-state index contributed by atoms with van der Waals surface area (Å²) in [7, 11) is -1.31. The van der Waals surface area contributed by atoms with Crippen molar-refractivity contribution in [2.75, 3.05) is 5.75 Å². The number of hydrogen-bond donors (Lipinski definition) is 2. The van der Waals surface area contributed by atoms with Gasteiger partial charge in [-0.25, -0.2) is 4.98 Å². The zero-order chi connectivity index (χ0) is 23.9. The molecule has 2 aromatic carbocycles.